The van der Waals surface area contributed by atoms with E-state index >= 15 is 0 Å². The van der Waals surface area contributed by atoms with Crippen molar-refractivity contribution in [1.29, 1.82) is 0 Å². The van der Waals surface area contributed by atoms with Gasteiger partial charge in [0.05, 0.1) is 37.9 Å². The first-order valence-electron chi connectivity index (χ1n) is 10.6. The summed E-state index contributed by atoms with van der Waals surface area (Å²) < 4.78 is 10.5. The van der Waals surface area contributed by atoms with Gasteiger partial charge in [0.25, 0.3) is 5.56 Å². The van der Waals surface area contributed by atoms with Crippen molar-refractivity contribution < 1.29 is 14.6 Å². The van der Waals surface area contributed by atoms with Crippen LogP contribution in [0.15, 0.2) is 41.0 Å². The zero-order valence-corrected chi connectivity index (χ0v) is 19.7. The summed E-state index contributed by atoms with van der Waals surface area (Å²) in [6.45, 7) is 10.2. The summed E-state index contributed by atoms with van der Waals surface area (Å²) in [4.78, 5) is 23.4. The van der Waals surface area contributed by atoms with E-state index in [4.69, 9.17) is 14.5 Å². The monoisotopic (exact) mass is 457 g/mol. The highest BCUT2D eigenvalue weighted by Crippen LogP contribution is 2.33. The summed E-state index contributed by atoms with van der Waals surface area (Å²) in [5, 5.41) is 12.9. The molecular formula is C24H31N3O4S. The number of rotatable bonds is 12. The molecule has 3 rings (SSSR count). The molecule has 7 nitrogen and oxygen atoms in total. The smallest absolute Gasteiger partial charge is 0.260 e. The molecule has 172 valence electrons. The first-order chi connectivity index (χ1) is 15.4. The van der Waals surface area contributed by atoms with Gasteiger partial charge in [-0.15, -0.1) is 17.9 Å². The van der Waals surface area contributed by atoms with E-state index < -0.39 is 6.10 Å². The number of thiophene rings is 1. The molecule has 0 saturated carbocycles. The van der Waals surface area contributed by atoms with E-state index in [-0.39, 0.29) is 12.2 Å². The molecule has 0 saturated heterocycles. The Kier molecular flexibility index (Phi) is 8.72. The lowest BCUT2D eigenvalue weighted by Crippen LogP contribution is -2.37. The third kappa shape index (κ3) is 6.11. The lowest BCUT2D eigenvalue weighted by molar-refractivity contribution is 0.0189. The van der Waals surface area contributed by atoms with E-state index in [9.17, 15) is 9.90 Å². The zero-order chi connectivity index (χ0) is 23.1. The highest BCUT2D eigenvalue weighted by atomic mass is 32.1. The highest BCUT2D eigenvalue weighted by Gasteiger charge is 2.17. The number of aromatic amines is 1. The van der Waals surface area contributed by atoms with Gasteiger partial charge in [-0.3, -0.25) is 9.69 Å². The van der Waals surface area contributed by atoms with E-state index in [0.717, 1.165) is 22.3 Å². The fourth-order valence-electron chi connectivity index (χ4n) is 3.60. The number of hydrogen-bond acceptors (Lipinski definition) is 7. The third-order valence-corrected chi connectivity index (χ3v) is 6.05. The Morgan fingerprint density at radius 1 is 1.34 bits per heavy atom. The van der Waals surface area contributed by atoms with Gasteiger partial charge < -0.3 is 19.6 Å². The van der Waals surface area contributed by atoms with Crippen LogP contribution in [0.5, 0.6) is 0 Å². The number of fused-ring (bicyclic) bond motifs is 1. The van der Waals surface area contributed by atoms with E-state index in [2.05, 4.69) is 29.8 Å². The van der Waals surface area contributed by atoms with Crippen molar-refractivity contribution in [2.24, 2.45) is 0 Å². The van der Waals surface area contributed by atoms with Crippen molar-refractivity contribution in [2.45, 2.75) is 26.5 Å². The number of benzene rings is 1. The van der Waals surface area contributed by atoms with Crippen LogP contribution < -0.4 is 5.56 Å². The lowest BCUT2D eigenvalue weighted by atomic mass is 9.99. The molecular weight excluding hydrogens is 426 g/mol. The molecule has 0 radical (unpaired) electrons. The van der Waals surface area contributed by atoms with Gasteiger partial charge in [-0.1, -0.05) is 29.8 Å². The van der Waals surface area contributed by atoms with Crippen molar-refractivity contribution in [3.8, 4) is 11.1 Å². The molecule has 3 aromatic rings. The minimum Gasteiger partial charge on any atom is -0.389 e. The summed E-state index contributed by atoms with van der Waals surface area (Å²) in [5.41, 5.74) is 4.09. The van der Waals surface area contributed by atoms with Crippen LogP contribution in [0.2, 0.25) is 0 Å². The molecule has 2 heterocycles. The second-order valence-electron chi connectivity index (χ2n) is 7.87. The Labute approximate surface area is 192 Å². The second-order valence-corrected chi connectivity index (χ2v) is 8.73. The van der Waals surface area contributed by atoms with Crippen LogP contribution in [0.4, 0.5) is 0 Å². The number of nitrogens with zero attached hydrogens (tertiary/aromatic N) is 2. The number of aryl methyl sites for hydroxylation is 2. The maximum Gasteiger partial charge on any atom is 0.260 e. The van der Waals surface area contributed by atoms with Gasteiger partial charge in [0.15, 0.2) is 0 Å². The van der Waals surface area contributed by atoms with Crippen LogP contribution in [0, 0.1) is 13.8 Å². The quantitative estimate of drug-likeness (QED) is 0.321. The van der Waals surface area contributed by atoms with Gasteiger partial charge in [0, 0.05) is 31.1 Å². The molecule has 1 unspecified atom stereocenters. The summed E-state index contributed by atoms with van der Waals surface area (Å²) in [6, 6.07) is 6.24. The van der Waals surface area contributed by atoms with Crippen LogP contribution in [0.25, 0.3) is 21.3 Å². The van der Waals surface area contributed by atoms with Gasteiger partial charge in [0.2, 0.25) is 0 Å². The molecule has 0 spiro atoms. The maximum absolute atomic E-state index is 13.0. The number of H-pyrrole nitrogens is 1. The summed E-state index contributed by atoms with van der Waals surface area (Å²) in [7, 11) is 1.63. The maximum atomic E-state index is 13.0. The highest BCUT2D eigenvalue weighted by molar-refractivity contribution is 7.17. The van der Waals surface area contributed by atoms with Crippen LogP contribution in [-0.4, -0.2) is 66.1 Å². The normalized spacial score (nSPS) is 12.5. The molecule has 2 N–H and O–H groups in total. The standard InChI is InChI=1S/C24H31N3O4S/c1-5-9-31-14-18(28)12-27(8-10-30-4)13-21-25-23(29)22-20(15-32-24(22)26-21)19-11-16(2)6-7-17(19)3/h5-7,11,15,18,28H,1,8-10,12-14H2,2-4H3,(H,25,26,29). The van der Waals surface area contributed by atoms with Gasteiger partial charge in [-0.25, -0.2) is 4.98 Å². The summed E-state index contributed by atoms with van der Waals surface area (Å²) in [5.74, 6) is 0.562. The first kappa shape index (κ1) is 24.3. The van der Waals surface area contributed by atoms with Gasteiger partial charge in [-0.2, -0.15) is 0 Å². The number of nitrogens with one attached hydrogen (secondary N) is 1. The van der Waals surface area contributed by atoms with E-state index in [0.29, 0.717) is 48.9 Å². The molecule has 0 fully saturated rings. The number of ether oxygens (including phenoxy) is 2. The fraction of sp³-hybridized carbons (Fsp3) is 0.417. The largest absolute Gasteiger partial charge is 0.389 e. The Balaban J connectivity index is 1.84. The first-order valence-corrected chi connectivity index (χ1v) is 11.5. The Bertz CT molecular complexity index is 1110. The van der Waals surface area contributed by atoms with Crippen molar-refractivity contribution >= 4 is 21.6 Å². The SMILES string of the molecule is C=CCOCC(O)CN(CCOC)Cc1nc2scc(-c3cc(C)ccc3C)c2c(=O)[nH]1. The van der Waals surface area contributed by atoms with Gasteiger partial charge in [0.1, 0.15) is 10.7 Å². The molecule has 0 aliphatic carbocycles. The van der Waals surface area contributed by atoms with E-state index in [1.807, 2.05) is 24.1 Å². The van der Waals surface area contributed by atoms with Gasteiger partial charge >= 0.3 is 0 Å². The lowest BCUT2D eigenvalue weighted by Gasteiger charge is -2.24. The summed E-state index contributed by atoms with van der Waals surface area (Å²) >= 11 is 1.47. The van der Waals surface area contributed by atoms with Crippen LogP contribution in [-0.2, 0) is 16.0 Å². The van der Waals surface area contributed by atoms with Crippen molar-refractivity contribution in [2.75, 3.05) is 40.0 Å². The number of aromatic nitrogens is 2. The number of aliphatic hydroxyl groups is 1. The number of methoxy groups -OCH3 is 1. The van der Waals surface area contributed by atoms with E-state index in [1.54, 1.807) is 13.2 Å². The molecule has 2 aromatic heterocycles. The summed E-state index contributed by atoms with van der Waals surface area (Å²) in [6.07, 6.45) is 0.979. The zero-order valence-electron chi connectivity index (χ0n) is 18.9. The Hall–Kier alpha value is -2.36. The molecule has 0 aliphatic heterocycles. The van der Waals surface area contributed by atoms with Crippen LogP contribution >= 0.6 is 11.3 Å². The number of aliphatic hydroxyl groups excluding tert-OH is 1. The minimum absolute atomic E-state index is 0.149. The predicted octanol–water partition coefficient (Wildman–Crippen LogP) is 3.28. The Morgan fingerprint density at radius 2 is 2.16 bits per heavy atom. The molecule has 32 heavy (non-hydrogen) atoms. The predicted molar refractivity (Wildman–Crippen MR) is 129 cm³/mol. The second kappa shape index (κ2) is 11.5. The average molecular weight is 458 g/mol. The van der Waals surface area contributed by atoms with Crippen molar-refractivity contribution in [1.82, 2.24) is 14.9 Å². The molecule has 0 bridgehead atoms. The van der Waals surface area contributed by atoms with Crippen LogP contribution in [0.1, 0.15) is 17.0 Å². The van der Waals surface area contributed by atoms with E-state index in [1.165, 1.54) is 11.3 Å². The Morgan fingerprint density at radius 3 is 2.91 bits per heavy atom. The fourth-order valence-corrected chi connectivity index (χ4v) is 4.56. The molecule has 8 heteroatoms. The minimum atomic E-state index is -0.667. The topological polar surface area (TPSA) is 87.7 Å². The van der Waals surface area contributed by atoms with Crippen molar-refractivity contribution in [3.63, 3.8) is 0 Å². The van der Waals surface area contributed by atoms with Gasteiger partial charge in [-0.05, 0) is 25.0 Å². The molecule has 1 atom stereocenters. The number of hydrogen-bond donors (Lipinski definition) is 2. The molecule has 1 aromatic carbocycles. The van der Waals surface area contributed by atoms with Crippen molar-refractivity contribution in [3.05, 3.63) is 63.5 Å². The molecule has 0 amide bonds. The molecule has 0 aliphatic rings. The van der Waals surface area contributed by atoms with Crippen LogP contribution in [0.3, 0.4) is 0 Å². The third-order valence-electron chi connectivity index (χ3n) is 5.18. The average Bonchev–Trinajstić information content (AvgIpc) is 3.18.